The van der Waals surface area contributed by atoms with E-state index in [2.05, 4.69) is 27.8 Å². The van der Waals surface area contributed by atoms with Crippen molar-refractivity contribution in [2.24, 2.45) is 0 Å². The lowest BCUT2D eigenvalue weighted by Gasteiger charge is -2.18. The van der Waals surface area contributed by atoms with E-state index < -0.39 is 12.1 Å². The van der Waals surface area contributed by atoms with Gasteiger partial charge in [0.25, 0.3) is 5.56 Å². The lowest BCUT2D eigenvalue weighted by Crippen LogP contribution is -2.23. The molecule has 3 aromatic heterocycles. The SMILES string of the molecule is O=c1c2cnc(Nc3ccc4c(c3)CCNC4)nc2n(-c2nc(C3(CF)CC3)cs2)n1C1CC1. The van der Waals surface area contributed by atoms with Crippen LogP contribution in [-0.4, -0.2) is 37.5 Å². The van der Waals surface area contributed by atoms with Gasteiger partial charge in [0.1, 0.15) is 12.1 Å². The van der Waals surface area contributed by atoms with Gasteiger partial charge in [-0.15, -0.1) is 11.3 Å². The molecule has 10 heteroatoms. The van der Waals surface area contributed by atoms with Gasteiger partial charge in [-0.05, 0) is 61.9 Å². The van der Waals surface area contributed by atoms with Crippen molar-refractivity contribution in [2.75, 3.05) is 18.5 Å². The Hall–Kier alpha value is -3.11. The Labute approximate surface area is 198 Å². The smallest absolute Gasteiger partial charge is 0.278 e. The Morgan fingerprint density at radius 3 is 2.91 bits per heavy atom. The number of alkyl halides is 1. The van der Waals surface area contributed by atoms with Crippen molar-refractivity contribution in [3.63, 3.8) is 0 Å². The number of thiazole rings is 1. The second-order valence-corrected chi connectivity index (χ2v) is 10.4. The van der Waals surface area contributed by atoms with Gasteiger partial charge in [0.2, 0.25) is 11.1 Å². The molecule has 0 atom stereocenters. The van der Waals surface area contributed by atoms with Gasteiger partial charge in [0.15, 0.2) is 5.65 Å². The summed E-state index contributed by atoms with van der Waals surface area (Å²) in [6.07, 6.45) is 6.13. The number of rotatable bonds is 6. The topological polar surface area (TPSA) is 89.7 Å². The largest absolute Gasteiger partial charge is 0.324 e. The molecule has 3 aliphatic rings. The van der Waals surface area contributed by atoms with E-state index in [1.54, 1.807) is 10.9 Å². The first kappa shape index (κ1) is 20.3. The third-order valence-corrected chi connectivity index (χ3v) is 8.01. The van der Waals surface area contributed by atoms with Gasteiger partial charge in [-0.3, -0.25) is 9.18 Å². The fourth-order valence-corrected chi connectivity index (χ4v) is 5.74. The van der Waals surface area contributed by atoms with E-state index in [0.717, 1.165) is 56.6 Å². The molecule has 8 nitrogen and oxygen atoms in total. The van der Waals surface area contributed by atoms with Gasteiger partial charge in [0, 0.05) is 29.2 Å². The number of hydrogen-bond acceptors (Lipinski definition) is 7. The average molecular weight is 478 g/mol. The van der Waals surface area contributed by atoms with Crippen LogP contribution < -0.4 is 16.2 Å². The van der Waals surface area contributed by atoms with E-state index in [1.165, 1.54) is 22.5 Å². The molecule has 2 fully saturated rings. The first-order chi connectivity index (χ1) is 16.6. The minimum absolute atomic E-state index is 0.103. The van der Waals surface area contributed by atoms with E-state index >= 15 is 0 Å². The molecule has 174 valence electrons. The number of hydrogen-bond donors (Lipinski definition) is 2. The Morgan fingerprint density at radius 2 is 2.12 bits per heavy atom. The van der Waals surface area contributed by atoms with Crippen LogP contribution in [0.5, 0.6) is 0 Å². The maximum Gasteiger partial charge on any atom is 0.278 e. The molecule has 34 heavy (non-hydrogen) atoms. The molecule has 0 saturated heterocycles. The first-order valence-corrected chi connectivity index (χ1v) is 12.7. The summed E-state index contributed by atoms with van der Waals surface area (Å²) in [5, 5.41) is 9.75. The Balaban J connectivity index is 1.31. The summed E-state index contributed by atoms with van der Waals surface area (Å²) in [7, 11) is 0. The molecule has 1 aliphatic heterocycles. The maximum atomic E-state index is 13.6. The minimum Gasteiger partial charge on any atom is -0.324 e. The average Bonchev–Trinajstić information content (AvgIpc) is 3.79. The molecule has 2 N–H and O–H groups in total. The van der Waals surface area contributed by atoms with Crippen molar-refractivity contribution in [1.82, 2.24) is 29.6 Å². The number of nitrogens with one attached hydrogen (secondary N) is 2. The molecular weight excluding hydrogens is 453 g/mol. The number of aromatic nitrogens is 5. The predicted molar refractivity (Wildman–Crippen MR) is 129 cm³/mol. The van der Waals surface area contributed by atoms with Crippen LogP contribution in [0.15, 0.2) is 34.6 Å². The Bertz CT molecular complexity index is 1480. The molecular formula is C24H24FN7OS. The van der Waals surface area contributed by atoms with Crippen LogP contribution in [0.4, 0.5) is 16.0 Å². The highest BCUT2D eigenvalue weighted by Gasteiger charge is 2.47. The molecule has 0 radical (unpaired) electrons. The van der Waals surface area contributed by atoms with Crippen LogP contribution in [-0.2, 0) is 18.4 Å². The summed E-state index contributed by atoms with van der Waals surface area (Å²) >= 11 is 1.44. The van der Waals surface area contributed by atoms with Crippen LogP contribution >= 0.6 is 11.3 Å². The molecule has 4 heterocycles. The van der Waals surface area contributed by atoms with Crippen LogP contribution in [0.1, 0.15) is 48.5 Å². The normalized spacial score (nSPS) is 18.7. The van der Waals surface area contributed by atoms with Gasteiger partial charge < -0.3 is 10.6 Å². The molecule has 0 amide bonds. The van der Waals surface area contributed by atoms with Gasteiger partial charge in [-0.25, -0.2) is 19.3 Å². The fraction of sp³-hybridized carbons (Fsp3) is 0.417. The van der Waals surface area contributed by atoms with Crippen LogP contribution in [0.2, 0.25) is 0 Å². The lowest BCUT2D eigenvalue weighted by atomic mass is 10.0. The summed E-state index contributed by atoms with van der Waals surface area (Å²) in [4.78, 5) is 27.2. The zero-order chi connectivity index (χ0) is 22.9. The lowest BCUT2D eigenvalue weighted by molar-refractivity contribution is 0.412. The quantitative estimate of drug-likeness (QED) is 0.440. The van der Waals surface area contributed by atoms with Crippen molar-refractivity contribution < 1.29 is 4.39 Å². The number of halogens is 1. The van der Waals surface area contributed by atoms with E-state index in [0.29, 0.717) is 22.1 Å². The highest BCUT2D eigenvalue weighted by Crippen LogP contribution is 2.49. The molecule has 7 rings (SSSR count). The molecule has 0 bridgehead atoms. The number of fused-ring (bicyclic) bond motifs is 2. The summed E-state index contributed by atoms with van der Waals surface area (Å²) < 4.78 is 17.2. The molecule has 2 aliphatic carbocycles. The number of anilines is 2. The second kappa shape index (κ2) is 7.44. The van der Waals surface area contributed by atoms with Crippen molar-refractivity contribution in [1.29, 1.82) is 0 Å². The predicted octanol–water partition coefficient (Wildman–Crippen LogP) is 3.76. The fourth-order valence-electron chi connectivity index (χ4n) is 4.79. The molecule has 4 aromatic rings. The van der Waals surface area contributed by atoms with E-state index in [-0.39, 0.29) is 11.6 Å². The van der Waals surface area contributed by atoms with E-state index in [4.69, 9.17) is 9.97 Å². The second-order valence-electron chi connectivity index (χ2n) is 9.59. The van der Waals surface area contributed by atoms with Crippen LogP contribution in [0.25, 0.3) is 16.2 Å². The molecule has 1 aromatic carbocycles. The molecule has 2 saturated carbocycles. The highest BCUT2D eigenvalue weighted by molar-refractivity contribution is 7.12. The Morgan fingerprint density at radius 1 is 1.24 bits per heavy atom. The zero-order valence-electron chi connectivity index (χ0n) is 18.6. The maximum absolute atomic E-state index is 13.6. The summed E-state index contributed by atoms with van der Waals surface area (Å²) in [6, 6.07) is 6.43. The monoisotopic (exact) mass is 477 g/mol. The third-order valence-electron chi connectivity index (χ3n) is 7.19. The standard InChI is InChI=1S/C24H24FN7OS/c25-13-24(6-7-24)19-12-34-23(29-19)32-20-18(21(33)31(32)17-3-4-17)11-27-22(30-20)28-16-2-1-15-10-26-8-5-14(15)9-16/h1-2,9,11-12,17,26H,3-8,10,13H2,(H,27,28,30). The summed E-state index contributed by atoms with van der Waals surface area (Å²) in [5.41, 5.74) is 4.32. The Kier molecular flexibility index (Phi) is 4.44. The highest BCUT2D eigenvalue weighted by atomic mass is 32.1. The summed E-state index contributed by atoms with van der Waals surface area (Å²) in [6.45, 7) is 1.46. The first-order valence-electron chi connectivity index (χ1n) is 11.8. The van der Waals surface area contributed by atoms with Crippen LogP contribution in [0, 0.1) is 0 Å². The van der Waals surface area contributed by atoms with Gasteiger partial charge in [-0.2, -0.15) is 4.98 Å². The van der Waals surface area contributed by atoms with E-state index in [9.17, 15) is 9.18 Å². The molecule has 0 unspecified atom stereocenters. The van der Waals surface area contributed by atoms with Gasteiger partial charge in [-0.1, -0.05) is 6.07 Å². The van der Waals surface area contributed by atoms with Crippen molar-refractivity contribution in [3.05, 3.63) is 57.0 Å². The number of benzene rings is 1. The number of nitrogens with zero attached hydrogens (tertiary/aromatic N) is 5. The van der Waals surface area contributed by atoms with E-state index in [1.807, 2.05) is 16.1 Å². The summed E-state index contributed by atoms with van der Waals surface area (Å²) in [5.74, 6) is 0.433. The van der Waals surface area contributed by atoms with Crippen LogP contribution in [0.3, 0.4) is 0 Å². The van der Waals surface area contributed by atoms with Crippen molar-refractivity contribution >= 4 is 34.0 Å². The van der Waals surface area contributed by atoms with Gasteiger partial charge >= 0.3 is 0 Å². The van der Waals surface area contributed by atoms with Gasteiger partial charge in [0.05, 0.1) is 11.7 Å². The van der Waals surface area contributed by atoms with Crippen molar-refractivity contribution in [2.45, 2.75) is 50.1 Å². The minimum atomic E-state index is -0.438. The van der Waals surface area contributed by atoms with Crippen molar-refractivity contribution in [3.8, 4) is 5.13 Å². The molecule has 0 spiro atoms. The third kappa shape index (κ3) is 3.19. The zero-order valence-corrected chi connectivity index (χ0v) is 19.4.